The summed E-state index contributed by atoms with van der Waals surface area (Å²) in [6.45, 7) is 0. The Kier molecular flexibility index (Phi) is 5.74. The maximum Gasteiger partial charge on any atom is 0.224 e. The van der Waals surface area contributed by atoms with E-state index in [0.717, 1.165) is 5.56 Å². The molecule has 0 aliphatic rings. The third-order valence-electron chi connectivity index (χ3n) is 3.43. The number of methoxy groups -OCH3 is 1. The molecule has 1 unspecified atom stereocenters. The van der Waals surface area contributed by atoms with Gasteiger partial charge in [0.2, 0.25) is 5.91 Å². The fraction of sp³-hybridized carbons (Fsp3) is 0.222. The molecule has 0 aromatic heterocycles. The molecule has 1 N–H and O–H groups in total. The molecule has 0 saturated carbocycles. The van der Waals surface area contributed by atoms with Crippen LogP contribution < -0.4 is 15.2 Å². The molecule has 0 fully saturated rings. The first-order valence-electron chi connectivity index (χ1n) is 7.25. The van der Waals surface area contributed by atoms with E-state index in [-0.39, 0.29) is 18.7 Å². The summed E-state index contributed by atoms with van der Waals surface area (Å²) in [7, 11) is 1.55. The van der Waals surface area contributed by atoms with Crippen LogP contribution in [0.2, 0.25) is 0 Å². The Morgan fingerprint density at radius 1 is 1.09 bits per heavy atom. The lowest BCUT2D eigenvalue weighted by Gasteiger charge is -2.20. The largest absolute Gasteiger partial charge is 0.550 e. The molecule has 5 nitrogen and oxygen atoms in total. The molecule has 5 heteroatoms. The van der Waals surface area contributed by atoms with E-state index in [1.54, 1.807) is 31.4 Å². The van der Waals surface area contributed by atoms with Crippen molar-refractivity contribution in [1.29, 1.82) is 0 Å². The van der Waals surface area contributed by atoms with Crippen molar-refractivity contribution >= 4 is 11.9 Å². The van der Waals surface area contributed by atoms with Crippen LogP contribution in [-0.4, -0.2) is 19.0 Å². The van der Waals surface area contributed by atoms with E-state index in [1.807, 2.05) is 30.3 Å². The van der Waals surface area contributed by atoms with Gasteiger partial charge in [0.15, 0.2) is 0 Å². The quantitative estimate of drug-likeness (QED) is 0.834. The van der Waals surface area contributed by atoms with Gasteiger partial charge in [-0.2, -0.15) is 0 Å². The number of carboxylic acid groups (broad SMARTS) is 1. The molecule has 0 bridgehead atoms. The number of amides is 1. The average Bonchev–Trinajstić information content (AvgIpc) is 2.55. The van der Waals surface area contributed by atoms with Crippen LogP contribution in [-0.2, 0) is 16.0 Å². The Bertz CT molecular complexity index is 652. The summed E-state index contributed by atoms with van der Waals surface area (Å²) in [5.41, 5.74) is 1.56. The van der Waals surface area contributed by atoms with E-state index in [4.69, 9.17) is 4.74 Å². The van der Waals surface area contributed by atoms with Crippen LogP contribution >= 0.6 is 0 Å². The Morgan fingerprint density at radius 3 is 2.30 bits per heavy atom. The van der Waals surface area contributed by atoms with Crippen LogP contribution in [0.25, 0.3) is 0 Å². The fourth-order valence-corrected chi connectivity index (χ4v) is 2.28. The van der Waals surface area contributed by atoms with Crippen molar-refractivity contribution in [2.45, 2.75) is 18.9 Å². The van der Waals surface area contributed by atoms with E-state index in [2.05, 4.69) is 5.32 Å². The number of hydrogen-bond donors (Lipinski definition) is 1. The first-order valence-corrected chi connectivity index (χ1v) is 7.25. The first kappa shape index (κ1) is 16.5. The number of carboxylic acids is 1. The molecule has 0 saturated heterocycles. The number of carbonyl (C=O) groups is 2. The third-order valence-corrected chi connectivity index (χ3v) is 3.43. The van der Waals surface area contributed by atoms with Crippen molar-refractivity contribution in [3.8, 4) is 5.75 Å². The van der Waals surface area contributed by atoms with Crippen LogP contribution in [0.4, 0.5) is 0 Å². The van der Waals surface area contributed by atoms with E-state index in [0.29, 0.717) is 11.3 Å². The summed E-state index contributed by atoms with van der Waals surface area (Å²) in [6.07, 6.45) is -0.0899. The molecule has 0 aliphatic heterocycles. The van der Waals surface area contributed by atoms with Crippen molar-refractivity contribution in [2.75, 3.05) is 7.11 Å². The normalized spacial score (nSPS) is 11.5. The minimum atomic E-state index is -1.22. The summed E-state index contributed by atoms with van der Waals surface area (Å²) >= 11 is 0. The lowest BCUT2D eigenvalue weighted by Crippen LogP contribution is -2.35. The van der Waals surface area contributed by atoms with Gasteiger partial charge < -0.3 is 20.0 Å². The predicted octanol–water partition coefficient (Wildman–Crippen LogP) is 1.24. The highest BCUT2D eigenvalue weighted by molar-refractivity contribution is 5.79. The van der Waals surface area contributed by atoms with Gasteiger partial charge in [-0.15, -0.1) is 0 Å². The highest BCUT2D eigenvalue weighted by Crippen LogP contribution is 2.20. The predicted molar refractivity (Wildman–Crippen MR) is 83.6 cm³/mol. The zero-order valence-corrected chi connectivity index (χ0v) is 12.8. The molecule has 0 spiro atoms. The summed E-state index contributed by atoms with van der Waals surface area (Å²) in [5.74, 6) is -0.791. The lowest BCUT2D eigenvalue weighted by atomic mass is 10.0. The molecule has 2 rings (SSSR count). The molecule has 1 atom stereocenters. The van der Waals surface area contributed by atoms with Gasteiger partial charge in [0, 0.05) is 12.4 Å². The van der Waals surface area contributed by atoms with Crippen molar-refractivity contribution < 1.29 is 19.4 Å². The van der Waals surface area contributed by atoms with Gasteiger partial charge in [0.05, 0.1) is 19.6 Å². The van der Waals surface area contributed by atoms with Crippen LogP contribution in [0, 0.1) is 0 Å². The average molecular weight is 312 g/mol. The van der Waals surface area contributed by atoms with Gasteiger partial charge in [0.25, 0.3) is 0 Å². The molecule has 0 heterocycles. The fourth-order valence-electron chi connectivity index (χ4n) is 2.28. The minimum absolute atomic E-state index is 0.195. The molecular formula is C18H18NO4-. The second-order valence-corrected chi connectivity index (χ2v) is 5.13. The van der Waals surface area contributed by atoms with Gasteiger partial charge >= 0.3 is 0 Å². The lowest BCUT2D eigenvalue weighted by molar-refractivity contribution is -0.306. The topological polar surface area (TPSA) is 78.5 Å². The molecule has 2 aromatic rings. The molecular weight excluding hydrogens is 294 g/mol. The molecule has 1 amide bonds. The van der Waals surface area contributed by atoms with Crippen LogP contribution in [0.5, 0.6) is 5.75 Å². The third kappa shape index (κ3) is 5.14. The second-order valence-electron chi connectivity index (χ2n) is 5.13. The smallest absolute Gasteiger partial charge is 0.224 e. The van der Waals surface area contributed by atoms with E-state index in [1.165, 1.54) is 0 Å². The van der Waals surface area contributed by atoms with Crippen LogP contribution in [0.15, 0.2) is 54.6 Å². The zero-order valence-electron chi connectivity index (χ0n) is 12.8. The molecule has 0 aliphatic carbocycles. The first-order chi connectivity index (χ1) is 11.1. The number of aliphatic carboxylic acids is 1. The highest BCUT2D eigenvalue weighted by atomic mass is 16.5. The van der Waals surface area contributed by atoms with E-state index in [9.17, 15) is 14.7 Å². The Morgan fingerprint density at radius 2 is 1.74 bits per heavy atom. The van der Waals surface area contributed by atoms with Gasteiger partial charge in [-0.25, -0.2) is 0 Å². The second kappa shape index (κ2) is 7.98. The van der Waals surface area contributed by atoms with Gasteiger partial charge in [-0.05, 0) is 23.3 Å². The number of ether oxygens (including phenoxy) is 1. The Balaban J connectivity index is 2.08. The van der Waals surface area contributed by atoms with Crippen LogP contribution in [0.3, 0.4) is 0 Å². The monoisotopic (exact) mass is 312 g/mol. The number of hydrogen-bond acceptors (Lipinski definition) is 4. The van der Waals surface area contributed by atoms with Gasteiger partial charge in [-0.3, -0.25) is 4.79 Å². The molecule has 0 radical (unpaired) electrons. The molecule has 23 heavy (non-hydrogen) atoms. The number of benzene rings is 2. The minimum Gasteiger partial charge on any atom is -0.550 e. The summed E-state index contributed by atoms with van der Waals surface area (Å²) in [6, 6.07) is 15.5. The van der Waals surface area contributed by atoms with Crippen molar-refractivity contribution in [3.05, 3.63) is 65.7 Å². The van der Waals surface area contributed by atoms with E-state index < -0.39 is 12.0 Å². The molecule has 2 aromatic carbocycles. The van der Waals surface area contributed by atoms with Gasteiger partial charge in [-0.1, -0.05) is 42.5 Å². The molecule has 120 valence electrons. The zero-order chi connectivity index (χ0) is 16.7. The summed E-state index contributed by atoms with van der Waals surface area (Å²) in [5, 5.41) is 13.7. The number of nitrogens with one attached hydrogen (secondary N) is 1. The van der Waals surface area contributed by atoms with Gasteiger partial charge in [0.1, 0.15) is 5.75 Å². The maximum atomic E-state index is 12.2. The SMILES string of the molecule is COc1ccc(C(CC(=O)[O-])NC(=O)Cc2ccccc2)cc1. The Hall–Kier alpha value is -2.82. The summed E-state index contributed by atoms with van der Waals surface area (Å²) < 4.78 is 5.07. The summed E-state index contributed by atoms with van der Waals surface area (Å²) in [4.78, 5) is 23.1. The Labute approximate surface area is 134 Å². The standard InChI is InChI=1S/C18H19NO4/c1-23-15-9-7-14(8-10-15)16(12-18(21)22)19-17(20)11-13-5-3-2-4-6-13/h2-10,16H,11-12H2,1H3,(H,19,20)(H,21,22)/p-1. The van der Waals surface area contributed by atoms with E-state index >= 15 is 0 Å². The van der Waals surface area contributed by atoms with Crippen molar-refractivity contribution in [2.24, 2.45) is 0 Å². The maximum absolute atomic E-state index is 12.2. The van der Waals surface area contributed by atoms with Crippen molar-refractivity contribution in [1.82, 2.24) is 5.32 Å². The number of carbonyl (C=O) groups excluding carboxylic acids is 2. The van der Waals surface area contributed by atoms with Crippen LogP contribution in [0.1, 0.15) is 23.6 Å². The number of rotatable bonds is 7. The highest BCUT2D eigenvalue weighted by Gasteiger charge is 2.15. The van der Waals surface area contributed by atoms with Crippen molar-refractivity contribution in [3.63, 3.8) is 0 Å².